The maximum atomic E-state index is 11.8. The summed E-state index contributed by atoms with van der Waals surface area (Å²) in [7, 11) is 0. The quantitative estimate of drug-likeness (QED) is 0.622. The Morgan fingerprint density at radius 3 is 2.84 bits per heavy atom. The number of nitrogens with zero attached hydrogens (tertiary/aromatic N) is 3. The van der Waals surface area contributed by atoms with E-state index in [4.69, 9.17) is 14.8 Å². The lowest BCUT2D eigenvalue weighted by Crippen LogP contribution is -2.05. The number of carbonyl (C=O) groups is 1. The van der Waals surface area contributed by atoms with Crippen LogP contribution in [0.3, 0.4) is 0 Å². The smallest absolute Gasteiger partial charge is 0.213 e. The first kappa shape index (κ1) is 16.3. The van der Waals surface area contributed by atoms with Gasteiger partial charge >= 0.3 is 0 Å². The summed E-state index contributed by atoms with van der Waals surface area (Å²) < 4.78 is 7.41. The van der Waals surface area contributed by atoms with Gasteiger partial charge in [-0.15, -0.1) is 0 Å². The molecule has 2 heterocycles. The SMILES string of the molecule is CCOc1ccccc1-c1nc2sc(C3CCCCC3)nn2c1C=O. The van der Waals surface area contributed by atoms with Gasteiger partial charge in [0, 0.05) is 11.5 Å². The molecule has 0 aliphatic heterocycles. The average molecular weight is 355 g/mol. The molecule has 2 aromatic heterocycles. The summed E-state index contributed by atoms with van der Waals surface area (Å²) in [6, 6.07) is 7.70. The minimum Gasteiger partial charge on any atom is -0.493 e. The Hall–Kier alpha value is -2.21. The first-order chi connectivity index (χ1) is 12.3. The monoisotopic (exact) mass is 355 g/mol. The molecule has 130 valence electrons. The Bertz CT molecular complexity index is 893. The number of hydrogen-bond acceptors (Lipinski definition) is 5. The van der Waals surface area contributed by atoms with E-state index in [2.05, 4.69) is 0 Å². The highest BCUT2D eigenvalue weighted by molar-refractivity contribution is 7.16. The number of para-hydroxylation sites is 1. The van der Waals surface area contributed by atoms with Crippen molar-refractivity contribution >= 4 is 22.6 Å². The van der Waals surface area contributed by atoms with Crippen LogP contribution in [-0.2, 0) is 0 Å². The first-order valence-electron chi connectivity index (χ1n) is 8.88. The summed E-state index contributed by atoms with van der Waals surface area (Å²) in [6.07, 6.45) is 7.07. The van der Waals surface area contributed by atoms with Crippen molar-refractivity contribution in [2.75, 3.05) is 6.61 Å². The average Bonchev–Trinajstić information content (AvgIpc) is 3.21. The van der Waals surface area contributed by atoms with Gasteiger partial charge in [0.05, 0.1) is 6.61 Å². The Labute approximate surface area is 150 Å². The minimum absolute atomic E-state index is 0.500. The van der Waals surface area contributed by atoms with Crippen LogP contribution in [-0.4, -0.2) is 27.5 Å². The number of fused-ring (bicyclic) bond motifs is 1. The van der Waals surface area contributed by atoms with Gasteiger partial charge in [0.2, 0.25) is 4.96 Å². The topological polar surface area (TPSA) is 56.5 Å². The van der Waals surface area contributed by atoms with E-state index in [1.807, 2.05) is 31.2 Å². The van der Waals surface area contributed by atoms with Gasteiger partial charge in [-0.3, -0.25) is 4.79 Å². The van der Waals surface area contributed by atoms with Crippen molar-refractivity contribution in [3.63, 3.8) is 0 Å². The Kier molecular flexibility index (Phi) is 4.53. The Morgan fingerprint density at radius 2 is 2.08 bits per heavy atom. The maximum Gasteiger partial charge on any atom is 0.213 e. The molecule has 1 aromatic carbocycles. The number of hydrogen-bond donors (Lipinski definition) is 0. The van der Waals surface area contributed by atoms with Crippen LogP contribution in [0.25, 0.3) is 16.2 Å². The molecule has 4 rings (SSSR count). The van der Waals surface area contributed by atoms with Crippen LogP contribution in [0, 0.1) is 0 Å². The number of aldehydes is 1. The standard InChI is InChI=1S/C19H21N3O2S/c1-2-24-16-11-7-6-10-14(16)17-15(12-23)22-19(20-17)25-18(21-22)13-8-4-3-5-9-13/h6-7,10-13H,2-5,8-9H2,1H3. The molecule has 0 atom stereocenters. The summed E-state index contributed by atoms with van der Waals surface area (Å²) in [5.41, 5.74) is 1.98. The third-order valence-corrected chi connectivity index (χ3v) is 5.83. The van der Waals surface area contributed by atoms with E-state index in [-0.39, 0.29) is 0 Å². The fourth-order valence-electron chi connectivity index (χ4n) is 3.54. The van der Waals surface area contributed by atoms with Gasteiger partial charge in [-0.1, -0.05) is 42.7 Å². The molecular formula is C19H21N3O2S. The van der Waals surface area contributed by atoms with E-state index in [0.717, 1.165) is 27.6 Å². The summed E-state index contributed by atoms with van der Waals surface area (Å²) in [4.78, 5) is 17.3. The molecule has 6 heteroatoms. The molecule has 0 unspecified atom stereocenters. The Balaban J connectivity index is 1.78. The predicted molar refractivity (Wildman–Crippen MR) is 98.7 cm³/mol. The van der Waals surface area contributed by atoms with Gasteiger partial charge < -0.3 is 4.74 Å². The van der Waals surface area contributed by atoms with E-state index in [1.165, 1.54) is 32.1 Å². The molecule has 0 bridgehead atoms. The molecule has 0 radical (unpaired) electrons. The molecule has 1 fully saturated rings. The minimum atomic E-state index is 0.500. The molecule has 0 saturated heterocycles. The van der Waals surface area contributed by atoms with E-state index >= 15 is 0 Å². The molecule has 1 aliphatic carbocycles. The van der Waals surface area contributed by atoms with Crippen molar-refractivity contribution in [3.05, 3.63) is 35.0 Å². The molecule has 0 spiro atoms. The summed E-state index contributed by atoms with van der Waals surface area (Å²) in [6.45, 7) is 2.51. The van der Waals surface area contributed by atoms with Gasteiger partial charge in [0.15, 0.2) is 6.29 Å². The number of aromatic nitrogens is 3. The third kappa shape index (κ3) is 2.95. The lowest BCUT2D eigenvalue weighted by atomic mass is 9.90. The number of ether oxygens (including phenoxy) is 1. The van der Waals surface area contributed by atoms with Gasteiger partial charge in [-0.2, -0.15) is 9.61 Å². The van der Waals surface area contributed by atoms with E-state index in [9.17, 15) is 4.79 Å². The van der Waals surface area contributed by atoms with Crippen molar-refractivity contribution in [2.45, 2.75) is 44.9 Å². The van der Waals surface area contributed by atoms with Crippen LogP contribution in [0.2, 0.25) is 0 Å². The van der Waals surface area contributed by atoms with E-state index in [1.54, 1.807) is 15.9 Å². The molecule has 25 heavy (non-hydrogen) atoms. The zero-order valence-corrected chi connectivity index (χ0v) is 15.1. The number of carbonyl (C=O) groups excluding carboxylic acids is 1. The van der Waals surface area contributed by atoms with Crippen molar-refractivity contribution in [1.29, 1.82) is 0 Å². The highest BCUT2D eigenvalue weighted by Gasteiger charge is 2.24. The van der Waals surface area contributed by atoms with Crippen LogP contribution in [0.4, 0.5) is 0 Å². The fraction of sp³-hybridized carbons (Fsp3) is 0.421. The predicted octanol–water partition coefficient (Wildman–Crippen LogP) is 4.72. The second-order valence-electron chi connectivity index (χ2n) is 6.36. The molecule has 5 nitrogen and oxygen atoms in total. The van der Waals surface area contributed by atoms with Crippen LogP contribution in [0.1, 0.15) is 60.4 Å². The largest absolute Gasteiger partial charge is 0.493 e. The molecule has 3 aromatic rings. The second kappa shape index (κ2) is 6.96. The van der Waals surface area contributed by atoms with Crippen LogP contribution < -0.4 is 4.74 Å². The van der Waals surface area contributed by atoms with Crippen LogP contribution in [0.15, 0.2) is 24.3 Å². The molecule has 1 saturated carbocycles. The second-order valence-corrected chi connectivity index (χ2v) is 7.35. The summed E-state index contributed by atoms with van der Waals surface area (Å²) >= 11 is 1.61. The van der Waals surface area contributed by atoms with E-state index < -0.39 is 0 Å². The van der Waals surface area contributed by atoms with Crippen LogP contribution in [0.5, 0.6) is 5.75 Å². The molecule has 0 N–H and O–H groups in total. The normalized spacial score (nSPS) is 15.6. The summed E-state index contributed by atoms with van der Waals surface area (Å²) in [5, 5.41) is 5.84. The van der Waals surface area contributed by atoms with Gasteiger partial charge in [-0.05, 0) is 31.9 Å². The third-order valence-electron chi connectivity index (χ3n) is 4.76. The maximum absolute atomic E-state index is 11.8. The highest BCUT2D eigenvalue weighted by atomic mass is 32.1. The van der Waals surface area contributed by atoms with Gasteiger partial charge in [0.25, 0.3) is 0 Å². The Morgan fingerprint density at radius 1 is 1.28 bits per heavy atom. The highest BCUT2D eigenvalue weighted by Crippen LogP contribution is 2.37. The zero-order chi connectivity index (χ0) is 17.2. The molecule has 1 aliphatic rings. The van der Waals surface area contributed by atoms with Crippen molar-refractivity contribution < 1.29 is 9.53 Å². The van der Waals surface area contributed by atoms with Crippen molar-refractivity contribution in [2.24, 2.45) is 0 Å². The molecular weight excluding hydrogens is 334 g/mol. The summed E-state index contributed by atoms with van der Waals surface area (Å²) in [5.74, 6) is 1.26. The zero-order valence-electron chi connectivity index (χ0n) is 14.3. The molecule has 0 amide bonds. The fourth-order valence-corrected chi connectivity index (χ4v) is 4.62. The number of imidazole rings is 1. The number of benzene rings is 1. The number of rotatable bonds is 5. The van der Waals surface area contributed by atoms with Crippen molar-refractivity contribution in [1.82, 2.24) is 14.6 Å². The lowest BCUT2D eigenvalue weighted by Gasteiger charge is -2.18. The van der Waals surface area contributed by atoms with Gasteiger partial charge in [0.1, 0.15) is 22.1 Å². The van der Waals surface area contributed by atoms with Crippen molar-refractivity contribution in [3.8, 4) is 17.0 Å². The first-order valence-corrected chi connectivity index (χ1v) is 9.70. The van der Waals surface area contributed by atoms with E-state index in [0.29, 0.717) is 23.9 Å². The van der Waals surface area contributed by atoms with Crippen LogP contribution >= 0.6 is 11.3 Å². The van der Waals surface area contributed by atoms with Gasteiger partial charge in [-0.25, -0.2) is 4.98 Å². The lowest BCUT2D eigenvalue weighted by molar-refractivity contribution is 0.111.